The lowest BCUT2D eigenvalue weighted by atomic mass is 9.98. The lowest BCUT2D eigenvalue weighted by molar-refractivity contribution is -0.132. The minimum absolute atomic E-state index is 0.180. The van der Waals surface area contributed by atoms with Crippen molar-refractivity contribution in [2.24, 2.45) is 0 Å². The molecule has 0 radical (unpaired) electrons. The number of nitrogens with zero attached hydrogens (tertiary/aromatic N) is 2. The van der Waals surface area contributed by atoms with Crippen molar-refractivity contribution in [3.8, 4) is 0 Å². The topological polar surface area (TPSA) is 69.7 Å². The number of rotatable bonds is 2. The number of carbonyl (C=O) groups is 3. The highest BCUT2D eigenvalue weighted by Crippen LogP contribution is 2.29. The highest BCUT2D eigenvalue weighted by Gasteiger charge is 2.55. The fourth-order valence-corrected chi connectivity index (χ4v) is 2.51. The number of hydrogen-bond donors (Lipinski definition) is 1. The van der Waals surface area contributed by atoms with Gasteiger partial charge < -0.3 is 10.2 Å². The zero-order valence-electron chi connectivity index (χ0n) is 10.6. The molecule has 0 aromatic heterocycles. The third-order valence-electron chi connectivity index (χ3n) is 3.47. The Morgan fingerprint density at radius 3 is 2.67 bits per heavy atom. The summed E-state index contributed by atoms with van der Waals surface area (Å²) < 4.78 is 0. The molecule has 0 bridgehead atoms. The van der Waals surface area contributed by atoms with Crippen molar-refractivity contribution in [3.63, 3.8) is 0 Å². The Kier molecular flexibility index (Phi) is 2.88. The SMILES string of the molecule is C=CC(=O)N1CC[C@@]2(C1)NC(=O)N(C(C)C)C2=O. The van der Waals surface area contributed by atoms with E-state index in [1.165, 1.54) is 15.9 Å². The quantitative estimate of drug-likeness (QED) is 0.559. The Morgan fingerprint density at radius 2 is 2.17 bits per heavy atom. The predicted molar refractivity (Wildman–Crippen MR) is 64.6 cm³/mol. The molecule has 2 heterocycles. The predicted octanol–water partition coefficient (Wildman–Crippen LogP) is 0.104. The van der Waals surface area contributed by atoms with Gasteiger partial charge in [-0.1, -0.05) is 6.58 Å². The minimum atomic E-state index is -0.931. The molecule has 98 valence electrons. The number of likely N-dealkylation sites (tertiary alicyclic amines) is 1. The highest BCUT2D eigenvalue weighted by molar-refractivity contribution is 6.08. The van der Waals surface area contributed by atoms with Crippen molar-refractivity contribution in [2.75, 3.05) is 13.1 Å². The lowest BCUT2D eigenvalue weighted by Gasteiger charge is -2.22. The second-order valence-corrected chi connectivity index (χ2v) is 5.00. The van der Waals surface area contributed by atoms with Crippen LogP contribution in [0.1, 0.15) is 20.3 Å². The molecule has 0 aliphatic carbocycles. The number of carbonyl (C=O) groups excluding carboxylic acids is 3. The van der Waals surface area contributed by atoms with Gasteiger partial charge in [0.2, 0.25) is 5.91 Å². The standard InChI is InChI=1S/C12H17N3O3/c1-4-9(16)14-6-5-12(7-14)10(17)15(8(2)3)11(18)13-12/h4,8H,1,5-7H2,2-3H3,(H,13,18)/t12-/m0/s1. The summed E-state index contributed by atoms with van der Waals surface area (Å²) in [5.74, 6) is -0.446. The van der Waals surface area contributed by atoms with Crippen LogP contribution in [0.4, 0.5) is 4.79 Å². The monoisotopic (exact) mass is 251 g/mol. The van der Waals surface area contributed by atoms with Gasteiger partial charge in [0, 0.05) is 12.6 Å². The smallest absolute Gasteiger partial charge is 0.325 e. The van der Waals surface area contributed by atoms with E-state index in [0.29, 0.717) is 13.0 Å². The van der Waals surface area contributed by atoms with Crippen molar-refractivity contribution in [1.29, 1.82) is 0 Å². The Morgan fingerprint density at radius 1 is 1.50 bits per heavy atom. The van der Waals surface area contributed by atoms with Crippen molar-refractivity contribution in [3.05, 3.63) is 12.7 Å². The average Bonchev–Trinajstić information content (AvgIpc) is 2.82. The van der Waals surface area contributed by atoms with Crippen LogP contribution in [-0.2, 0) is 9.59 Å². The first-order valence-electron chi connectivity index (χ1n) is 5.98. The zero-order chi connectivity index (χ0) is 13.5. The fraction of sp³-hybridized carbons (Fsp3) is 0.583. The van der Waals surface area contributed by atoms with E-state index >= 15 is 0 Å². The number of amides is 4. The Labute approximate surface area is 106 Å². The van der Waals surface area contributed by atoms with E-state index < -0.39 is 5.54 Å². The summed E-state index contributed by atoms with van der Waals surface area (Å²) in [6.45, 7) is 7.69. The van der Waals surface area contributed by atoms with E-state index in [2.05, 4.69) is 11.9 Å². The molecule has 6 nitrogen and oxygen atoms in total. The van der Waals surface area contributed by atoms with Gasteiger partial charge in [0.15, 0.2) is 0 Å². The number of urea groups is 1. The van der Waals surface area contributed by atoms with Gasteiger partial charge in [0.05, 0.1) is 6.54 Å². The molecular formula is C12H17N3O3. The van der Waals surface area contributed by atoms with Crippen molar-refractivity contribution in [2.45, 2.75) is 31.8 Å². The first kappa shape index (κ1) is 12.6. The van der Waals surface area contributed by atoms with Gasteiger partial charge >= 0.3 is 6.03 Å². The van der Waals surface area contributed by atoms with E-state index in [9.17, 15) is 14.4 Å². The van der Waals surface area contributed by atoms with Gasteiger partial charge in [0.25, 0.3) is 5.91 Å². The molecule has 4 amide bonds. The maximum Gasteiger partial charge on any atom is 0.325 e. The molecule has 1 spiro atoms. The maximum absolute atomic E-state index is 12.3. The second kappa shape index (κ2) is 4.12. The van der Waals surface area contributed by atoms with E-state index in [1.54, 1.807) is 13.8 Å². The van der Waals surface area contributed by atoms with Crippen LogP contribution in [-0.4, -0.2) is 52.3 Å². The molecule has 1 N–H and O–H groups in total. The molecule has 1 atom stereocenters. The lowest BCUT2D eigenvalue weighted by Crippen LogP contribution is -2.50. The third-order valence-corrected chi connectivity index (χ3v) is 3.47. The van der Waals surface area contributed by atoms with Gasteiger partial charge in [-0.3, -0.25) is 14.5 Å². The molecule has 2 saturated heterocycles. The van der Waals surface area contributed by atoms with Crippen LogP contribution in [0.3, 0.4) is 0 Å². The molecule has 2 rings (SSSR count). The van der Waals surface area contributed by atoms with Crippen LogP contribution in [0.2, 0.25) is 0 Å². The van der Waals surface area contributed by atoms with Crippen molar-refractivity contribution >= 4 is 17.8 Å². The second-order valence-electron chi connectivity index (χ2n) is 5.00. The summed E-state index contributed by atoms with van der Waals surface area (Å²) in [6.07, 6.45) is 1.68. The van der Waals surface area contributed by atoms with Crippen molar-refractivity contribution < 1.29 is 14.4 Å². The van der Waals surface area contributed by atoms with Gasteiger partial charge in [0.1, 0.15) is 5.54 Å². The minimum Gasteiger partial charge on any atom is -0.336 e. The van der Waals surface area contributed by atoms with Gasteiger partial charge in [-0.2, -0.15) is 0 Å². The van der Waals surface area contributed by atoms with Gasteiger partial charge in [-0.05, 0) is 26.3 Å². The number of hydrogen-bond acceptors (Lipinski definition) is 3. The van der Waals surface area contributed by atoms with E-state index in [1.807, 2.05) is 0 Å². The molecule has 18 heavy (non-hydrogen) atoms. The Bertz CT molecular complexity index is 432. The Hall–Kier alpha value is -1.85. The third kappa shape index (κ3) is 1.68. The van der Waals surface area contributed by atoms with E-state index in [-0.39, 0.29) is 30.4 Å². The molecule has 0 aromatic rings. The van der Waals surface area contributed by atoms with E-state index in [0.717, 1.165) is 0 Å². The van der Waals surface area contributed by atoms with E-state index in [4.69, 9.17) is 0 Å². The highest BCUT2D eigenvalue weighted by atomic mass is 16.2. The van der Waals surface area contributed by atoms with Crippen LogP contribution in [0.15, 0.2) is 12.7 Å². The van der Waals surface area contributed by atoms with Crippen LogP contribution in [0.25, 0.3) is 0 Å². The molecule has 0 aromatic carbocycles. The molecule has 0 unspecified atom stereocenters. The summed E-state index contributed by atoms with van der Waals surface area (Å²) in [5, 5.41) is 2.73. The number of imide groups is 1. The molecule has 0 saturated carbocycles. The molecule has 2 aliphatic rings. The van der Waals surface area contributed by atoms with Crippen LogP contribution < -0.4 is 5.32 Å². The fourth-order valence-electron chi connectivity index (χ4n) is 2.51. The summed E-state index contributed by atoms with van der Waals surface area (Å²) in [6, 6.07) is -0.552. The van der Waals surface area contributed by atoms with Crippen LogP contribution in [0.5, 0.6) is 0 Å². The summed E-state index contributed by atoms with van der Waals surface area (Å²) in [5.41, 5.74) is -0.931. The average molecular weight is 251 g/mol. The molecule has 2 fully saturated rings. The summed E-state index contributed by atoms with van der Waals surface area (Å²) in [7, 11) is 0. The summed E-state index contributed by atoms with van der Waals surface area (Å²) >= 11 is 0. The van der Waals surface area contributed by atoms with Gasteiger partial charge in [-0.25, -0.2) is 4.79 Å². The maximum atomic E-state index is 12.3. The first-order valence-corrected chi connectivity index (χ1v) is 5.98. The summed E-state index contributed by atoms with van der Waals surface area (Å²) in [4.78, 5) is 38.4. The first-order chi connectivity index (χ1) is 8.41. The van der Waals surface area contributed by atoms with Crippen LogP contribution >= 0.6 is 0 Å². The molecular weight excluding hydrogens is 234 g/mol. The number of nitrogens with one attached hydrogen (secondary N) is 1. The normalized spacial score (nSPS) is 27.3. The largest absolute Gasteiger partial charge is 0.336 e. The van der Waals surface area contributed by atoms with Gasteiger partial charge in [-0.15, -0.1) is 0 Å². The molecule has 6 heteroatoms. The Balaban J connectivity index is 2.21. The zero-order valence-corrected chi connectivity index (χ0v) is 10.6. The van der Waals surface area contributed by atoms with Crippen molar-refractivity contribution in [1.82, 2.24) is 15.1 Å². The molecule has 2 aliphatic heterocycles. The van der Waals surface area contributed by atoms with Crippen LogP contribution in [0, 0.1) is 0 Å².